The molecule has 1 amide bonds. The van der Waals surface area contributed by atoms with E-state index in [0.717, 1.165) is 27.2 Å². The summed E-state index contributed by atoms with van der Waals surface area (Å²) in [6.45, 7) is 0. The number of nitrogens with zero attached hydrogens (tertiary/aromatic N) is 3. The molecule has 1 aromatic carbocycles. The van der Waals surface area contributed by atoms with Crippen molar-refractivity contribution in [1.82, 2.24) is 14.5 Å². The van der Waals surface area contributed by atoms with Crippen LogP contribution in [-0.4, -0.2) is 27.6 Å². The third kappa shape index (κ3) is 2.80. The fraction of sp³-hybridized carbons (Fsp3) is 0.167. The molecule has 1 aliphatic rings. The Morgan fingerprint density at radius 3 is 3.00 bits per heavy atom. The lowest BCUT2D eigenvalue weighted by Gasteiger charge is -2.24. The number of carbonyl (C=O) groups is 1. The lowest BCUT2D eigenvalue weighted by molar-refractivity contribution is -0.116. The third-order valence-corrected chi connectivity index (χ3v) is 4.76. The maximum atomic E-state index is 12.4. The Hall–Kier alpha value is -2.67. The van der Waals surface area contributed by atoms with E-state index in [2.05, 4.69) is 31.2 Å². The largest absolute Gasteiger partial charge is 0.496 e. The zero-order valence-corrected chi connectivity index (χ0v) is 15.0. The van der Waals surface area contributed by atoms with Crippen LogP contribution in [0.3, 0.4) is 0 Å². The summed E-state index contributed by atoms with van der Waals surface area (Å²) in [5.74, 6) is 1.19. The van der Waals surface area contributed by atoms with Crippen molar-refractivity contribution in [2.75, 3.05) is 12.4 Å². The summed E-state index contributed by atoms with van der Waals surface area (Å²) in [7, 11) is 1.63. The number of rotatable bonds is 3. The average molecular weight is 399 g/mol. The number of hydrogen-bond acceptors (Lipinski definition) is 4. The van der Waals surface area contributed by atoms with Gasteiger partial charge in [0.15, 0.2) is 0 Å². The minimum Gasteiger partial charge on any atom is -0.496 e. The van der Waals surface area contributed by atoms with E-state index in [1.165, 1.54) is 0 Å². The van der Waals surface area contributed by atoms with Crippen molar-refractivity contribution >= 4 is 27.7 Å². The molecule has 0 bridgehead atoms. The summed E-state index contributed by atoms with van der Waals surface area (Å²) < 4.78 is 8.28. The number of carbonyl (C=O) groups excluding carboxylic acids is 1. The summed E-state index contributed by atoms with van der Waals surface area (Å²) in [6, 6.07) is 9.56. The van der Waals surface area contributed by atoms with Gasteiger partial charge in [0.05, 0.1) is 24.7 Å². The van der Waals surface area contributed by atoms with Crippen molar-refractivity contribution in [3.05, 3.63) is 64.8 Å². The Kier molecular flexibility index (Phi) is 4.01. The summed E-state index contributed by atoms with van der Waals surface area (Å²) in [4.78, 5) is 21.1. The molecule has 3 aromatic rings. The van der Waals surface area contributed by atoms with Gasteiger partial charge in [-0.15, -0.1) is 0 Å². The first kappa shape index (κ1) is 15.8. The van der Waals surface area contributed by atoms with E-state index >= 15 is 0 Å². The van der Waals surface area contributed by atoms with Crippen LogP contribution in [0.2, 0.25) is 0 Å². The molecule has 126 valence electrons. The normalized spacial score (nSPS) is 16.2. The topological polar surface area (TPSA) is 69.0 Å². The van der Waals surface area contributed by atoms with E-state index in [4.69, 9.17) is 4.74 Å². The lowest BCUT2D eigenvalue weighted by Crippen LogP contribution is -2.25. The number of pyridine rings is 1. The number of imidazole rings is 1. The van der Waals surface area contributed by atoms with Gasteiger partial charge in [0.2, 0.25) is 5.91 Å². The van der Waals surface area contributed by atoms with Gasteiger partial charge in [0, 0.05) is 28.6 Å². The molecule has 0 spiro atoms. The first-order valence-corrected chi connectivity index (χ1v) is 8.57. The molecule has 25 heavy (non-hydrogen) atoms. The predicted molar refractivity (Wildman–Crippen MR) is 97.1 cm³/mol. The van der Waals surface area contributed by atoms with E-state index in [1.807, 2.05) is 34.9 Å². The smallest absolute Gasteiger partial charge is 0.226 e. The number of nitrogens with one attached hydrogen (secondary N) is 1. The molecule has 1 N–H and O–H groups in total. The van der Waals surface area contributed by atoms with Gasteiger partial charge in [-0.2, -0.15) is 0 Å². The minimum absolute atomic E-state index is 0.0508. The quantitative estimate of drug-likeness (QED) is 0.732. The van der Waals surface area contributed by atoms with Crippen LogP contribution < -0.4 is 10.1 Å². The summed E-state index contributed by atoms with van der Waals surface area (Å²) in [5.41, 5.74) is 2.60. The highest BCUT2D eigenvalue weighted by Crippen LogP contribution is 2.41. The van der Waals surface area contributed by atoms with Crippen molar-refractivity contribution in [3.8, 4) is 11.4 Å². The average Bonchev–Trinajstić information content (AvgIpc) is 3.05. The highest BCUT2D eigenvalue weighted by atomic mass is 79.9. The van der Waals surface area contributed by atoms with Crippen LogP contribution in [0.15, 0.2) is 53.5 Å². The number of benzene rings is 1. The Morgan fingerprint density at radius 2 is 2.24 bits per heavy atom. The van der Waals surface area contributed by atoms with E-state index in [0.29, 0.717) is 12.2 Å². The number of fused-ring (bicyclic) bond motifs is 1. The highest BCUT2D eigenvalue weighted by Gasteiger charge is 2.32. The van der Waals surface area contributed by atoms with Crippen LogP contribution in [0, 0.1) is 0 Å². The van der Waals surface area contributed by atoms with E-state index in [9.17, 15) is 4.79 Å². The molecule has 0 unspecified atom stereocenters. The lowest BCUT2D eigenvalue weighted by atomic mass is 9.89. The Balaban J connectivity index is 1.86. The van der Waals surface area contributed by atoms with E-state index in [1.54, 1.807) is 25.8 Å². The highest BCUT2D eigenvalue weighted by molar-refractivity contribution is 9.10. The molecule has 1 atom stereocenters. The molecule has 6 nitrogen and oxygen atoms in total. The summed E-state index contributed by atoms with van der Waals surface area (Å²) in [6.07, 6.45) is 5.48. The van der Waals surface area contributed by atoms with Crippen LogP contribution in [-0.2, 0) is 4.79 Å². The second-order valence-corrected chi connectivity index (χ2v) is 6.67. The van der Waals surface area contributed by atoms with Crippen molar-refractivity contribution in [2.45, 2.75) is 12.3 Å². The fourth-order valence-corrected chi connectivity index (χ4v) is 3.51. The number of hydrogen-bond donors (Lipinski definition) is 1. The van der Waals surface area contributed by atoms with Gasteiger partial charge in [0.1, 0.15) is 17.9 Å². The first-order valence-electron chi connectivity index (χ1n) is 7.78. The van der Waals surface area contributed by atoms with E-state index < -0.39 is 0 Å². The Bertz CT molecular complexity index is 940. The maximum Gasteiger partial charge on any atom is 0.226 e. The zero-order chi connectivity index (χ0) is 17.4. The summed E-state index contributed by atoms with van der Waals surface area (Å²) in [5, 5.41) is 2.94. The van der Waals surface area contributed by atoms with Crippen LogP contribution in [0.1, 0.15) is 23.6 Å². The molecular weight excluding hydrogens is 384 g/mol. The van der Waals surface area contributed by atoms with Crippen LogP contribution in [0.25, 0.3) is 5.69 Å². The summed E-state index contributed by atoms with van der Waals surface area (Å²) >= 11 is 3.50. The Morgan fingerprint density at radius 1 is 1.36 bits per heavy atom. The van der Waals surface area contributed by atoms with Gasteiger partial charge in [-0.05, 0) is 30.3 Å². The van der Waals surface area contributed by atoms with Crippen molar-refractivity contribution in [3.63, 3.8) is 0 Å². The van der Waals surface area contributed by atoms with E-state index in [-0.39, 0.29) is 11.8 Å². The molecule has 7 heteroatoms. The molecular formula is C18H15BrN4O2. The predicted octanol–water partition coefficient (Wildman–Crippen LogP) is 3.51. The van der Waals surface area contributed by atoms with Gasteiger partial charge in [-0.3, -0.25) is 14.3 Å². The Labute approximate surface area is 153 Å². The van der Waals surface area contributed by atoms with Gasteiger partial charge >= 0.3 is 0 Å². The molecule has 3 heterocycles. The second kappa shape index (κ2) is 6.33. The standard InChI is InChI=1S/C18H15BrN4O2/c1-25-15-5-4-11(19)7-13(15)14-8-16(24)22-18-17(14)21-10-23(18)12-3-2-6-20-9-12/h2-7,9-10,14H,8H2,1H3,(H,22,24)/t14-/m1/s1. The first-order chi connectivity index (χ1) is 12.2. The molecule has 0 fully saturated rings. The van der Waals surface area contributed by atoms with Gasteiger partial charge in [-0.25, -0.2) is 4.98 Å². The third-order valence-electron chi connectivity index (χ3n) is 4.26. The van der Waals surface area contributed by atoms with Crippen LogP contribution in [0.5, 0.6) is 5.75 Å². The molecule has 0 radical (unpaired) electrons. The number of halogens is 1. The maximum absolute atomic E-state index is 12.4. The number of anilines is 1. The molecule has 0 aliphatic carbocycles. The molecule has 4 rings (SSSR count). The van der Waals surface area contributed by atoms with Gasteiger partial charge in [0.25, 0.3) is 0 Å². The number of aromatic nitrogens is 3. The molecule has 0 saturated heterocycles. The number of methoxy groups -OCH3 is 1. The number of ether oxygens (including phenoxy) is 1. The monoisotopic (exact) mass is 398 g/mol. The van der Waals surface area contributed by atoms with Crippen molar-refractivity contribution in [1.29, 1.82) is 0 Å². The van der Waals surface area contributed by atoms with Crippen LogP contribution in [0.4, 0.5) is 5.82 Å². The van der Waals surface area contributed by atoms with Gasteiger partial charge in [-0.1, -0.05) is 15.9 Å². The molecule has 2 aromatic heterocycles. The van der Waals surface area contributed by atoms with Crippen LogP contribution >= 0.6 is 15.9 Å². The minimum atomic E-state index is -0.172. The van der Waals surface area contributed by atoms with Gasteiger partial charge < -0.3 is 10.1 Å². The molecule has 0 saturated carbocycles. The molecule has 1 aliphatic heterocycles. The number of amides is 1. The van der Waals surface area contributed by atoms with Crippen molar-refractivity contribution in [2.24, 2.45) is 0 Å². The second-order valence-electron chi connectivity index (χ2n) is 5.75. The SMILES string of the molecule is COc1ccc(Br)cc1[C@H]1CC(=O)Nc2c1ncn2-c1cccnc1. The van der Waals surface area contributed by atoms with Crippen molar-refractivity contribution < 1.29 is 9.53 Å². The zero-order valence-electron chi connectivity index (χ0n) is 13.4. The fourth-order valence-electron chi connectivity index (χ4n) is 3.13.